The Morgan fingerprint density at radius 1 is 1.10 bits per heavy atom. The molecule has 2 saturated carbocycles. The highest BCUT2D eigenvalue weighted by Crippen LogP contribution is 2.42. The second-order valence-corrected chi connectivity index (χ2v) is 7.98. The summed E-state index contributed by atoms with van der Waals surface area (Å²) in [6, 6.07) is 2.80. The minimum Gasteiger partial charge on any atom is -0.308 e. The molecule has 0 spiro atoms. The van der Waals surface area contributed by atoms with Gasteiger partial charge < -0.3 is 5.32 Å². The van der Waals surface area contributed by atoms with Gasteiger partial charge in [0.25, 0.3) is 0 Å². The van der Waals surface area contributed by atoms with Crippen LogP contribution in [0.15, 0.2) is 12.3 Å². The zero-order valence-electron chi connectivity index (χ0n) is 13.7. The summed E-state index contributed by atoms with van der Waals surface area (Å²) in [5.74, 6) is 2.51. The molecule has 1 N–H and O–H groups in total. The van der Waals surface area contributed by atoms with Gasteiger partial charge in [-0.1, -0.05) is 20.8 Å². The molecule has 1 aromatic heterocycles. The van der Waals surface area contributed by atoms with Crippen LogP contribution in [0, 0.1) is 11.3 Å². The average Bonchev–Trinajstić information content (AvgIpc) is 3.29. The molecule has 21 heavy (non-hydrogen) atoms. The molecule has 0 radical (unpaired) electrons. The summed E-state index contributed by atoms with van der Waals surface area (Å²) in [5.41, 5.74) is 1.60. The van der Waals surface area contributed by atoms with E-state index in [0.717, 1.165) is 30.0 Å². The highest BCUT2D eigenvalue weighted by Gasteiger charge is 2.31. The molecule has 3 nitrogen and oxygen atoms in total. The Morgan fingerprint density at radius 3 is 2.43 bits per heavy atom. The van der Waals surface area contributed by atoms with E-state index >= 15 is 0 Å². The predicted molar refractivity (Wildman–Crippen MR) is 86.0 cm³/mol. The highest BCUT2D eigenvalue weighted by molar-refractivity contribution is 5.07. The van der Waals surface area contributed by atoms with Gasteiger partial charge in [-0.2, -0.15) is 0 Å². The Kier molecular flexibility index (Phi) is 4.30. The average molecular weight is 287 g/mol. The van der Waals surface area contributed by atoms with Crippen LogP contribution in [0.25, 0.3) is 0 Å². The van der Waals surface area contributed by atoms with E-state index in [2.05, 4.69) is 37.1 Å². The third-order valence-electron chi connectivity index (χ3n) is 5.20. The maximum absolute atomic E-state index is 4.81. The van der Waals surface area contributed by atoms with Gasteiger partial charge in [-0.3, -0.25) is 0 Å². The number of hydrogen-bond donors (Lipinski definition) is 1. The van der Waals surface area contributed by atoms with Gasteiger partial charge >= 0.3 is 0 Å². The molecule has 0 aliphatic heterocycles. The van der Waals surface area contributed by atoms with Gasteiger partial charge in [0.1, 0.15) is 5.82 Å². The van der Waals surface area contributed by atoms with Crippen LogP contribution in [0.3, 0.4) is 0 Å². The number of rotatable bonds is 4. The third kappa shape index (κ3) is 4.03. The zero-order valence-corrected chi connectivity index (χ0v) is 13.7. The summed E-state index contributed by atoms with van der Waals surface area (Å²) in [6.07, 6.45) is 9.75. The van der Waals surface area contributed by atoms with Crippen molar-refractivity contribution in [2.45, 2.75) is 77.8 Å². The molecule has 3 heteroatoms. The molecular formula is C18H29N3. The summed E-state index contributed by atoms with van der Waals surface area (Å²) < 4.78 is 0. The Hall–Kier alpha value is -0.960. The zero-order chi connectivity index (χ0) is 14.9. The Labute approximate surface area is 129 Å². The van der Waals surface area contributed by atoms with Crippen LogP contribution in [0.1, 0.15) is 76.7 Å². The van der Waals surface area contributed by atoms with Gasteiger partial charge in [0, 0.05) is 24.7 Å². The van der Waals surface area contributed by atoms with Crippen LogP contribution in [0.2, 0.25) is 0 Å². The molecule has 2 fully saturated rings. The fraction of sp³-hybridized carbons (Fsp3) is 0.778. The molecular weight excluding hydrogens is 258 g/mol. The molecule has 1 aromatic rings. The summed E-state index contributed by atoms with van der Waals surface area (Å²) in [4.78, 5) is 9.36. The quantitative estimate of drug-likeness (QED) is 0.908. The van der Waals surface area contributed by atoms with Gasteiger partial charge in [0.2, 0.25) is 0 Å². The Balaban J connectivity index is 1.58. The van der Waals surface area contributed by atoms with Crippen molar-refractivity contribution < 1.29 is 0 Å². The van der Waals surface area contributed by atoms with Crippen molar-refractivity contribution in [1.82, 2.24) is 15.3 Å². The minimum atomic E-state index is 0.446. The van der Waals surface area contributed by atoms with Crippen molar-refractivity contribution >= 4 is 0 Å². The first-order valence-corrected chi connectivity index (χ1v) is 8.57. The lowest BCUT2D eigenvalue weighted by Gasteiger charge is -2.36. The minimum absolute atomic E-state index is 0.446. The molecule has 0 bridgehead atoms. The molecule has 0 unspecified atom stereocenters. The van der Waals surface area contributed by atoms with Crippen LogP contribution in [-0.2, 0) is 6.54 Å². The van der Waals surface area contributed by atoms with Crippen LogP contribution in [-0.4, -0.2) is 16.0 Å². The number of aromatic nitrogens is 2. The first-order valence-electron chi connectivity index (χ1n) is 8.57. The van der Waals surface area contributed by atoms with Crippen LogP contribution in [0.5, 0.6) is 0 Å². The molecule has 0 amide bonds. The number of nitrogens with one attached hydrogen (secondary N) is 1. The second kappa shape index (κ2) is 6.04. The van der Waals surface area contributed by atoms with E-state index in [4.69, 9.17) is 4.98 Å². The van der Waals surface area contributed by atoms with Crippen LogP contribution < -0.4 is 5.32 Å². The molecule has 0 atom stereocenters. The SMILES string of the molecule is CC(C)(C)C1CCC(c2nccc(CNC3CC3)n2)CC1. The molecule has 1 heterocycles. The first-order chi connectivity index (χ1) is 10.0. The van der Waals surface area contributed by atoms with E-state index in [0.29, 0.717) is 11.3 Å². The Morgan fingerprint density at radius 2 is 1.81 bits per heavy atom. The fourth-order valence-electron chi connectivity index (χ4n) is 3.46. The molecule has 2 aliphatic rings. The molecule has 3 rings (SSSR count). The van der Waals surface area contributed by atoms with Crippen molar-refractivity contribution in [3.8, 4) is 0 Å². The van der Waals surface area contributed by atoms with E-state index in [1.165, 1.54) is 38.5 Å². The van der Waals surface area contributed by atoms with E-state index in [1.54, 1.807) is 0 Å². The number of hydrogen-bond acceptors (Lipinski definition) is 3. The van der Waals surface area contributed by atoms with Gasteiger partial charge in [0.15, 0.2) is 0 Å². The molecule has 116 valence electrons. The highest BCUT2D eigenvalue weighted by atomic mass is 15.0. The first kappa shape index (κ1) is 15.0. The van der Waals surface area contributed by atoms with Crippen LogP contribution >= 0.6 is 0 Å². The van der Waals surface area contributed by atoms with Crippen molar-refractivity contribution in [1.29, 1.82) is 0 Å². The van der Waals surface area contributed by atoms with Gasteiger partial charge in [0.05, 0.1) is 5.69 Å². The van der Waals surface area contributed by atoms with Crippen molar-refractivity contribution in [2.75, 3.05) is 0 Å². The smallest absolute Gasteiger partial charge is 0.131 e. The third-order valence-corrected chi connectivity index (χ3v) is 5.20. The normalized spacial score (nSPS) is 26.8. The second-order valence-electron chi connectivity index (χ2n) is 7.98. The van der Waals surface area contributed by atoms with Crippen molar-refractivity contribution in [3.05, 3.63) is 23.8 Å². The summed E-state index contributed by atoms with van der Waals surface area (Å²) in [5, 5.41) is 3.54. The van der Waals surface area contributed by atoms with E-state index in [1.807, 2.05) is 6.20 Å². The fourth-order valence-corrected chi connectivity index (χ4v) is 3.46. The lowest BCUT2D eigenvalue weighted by Crippen LogP contribution is -2.26. The molecule has 2 aliphatic carbocycles. The van der Waals surface area contributed by atoms with E-state index < -0.39 is 0 Å². The summed E-state index contributed by atoms with van der Waals surface area (Å²) in [7, 11) is 0. The van der Waals surface area contributed by atoms with E-state index in [-0.39, 0.29) is 0 Å². The molecule has 0 aromatic carbocycles. The van der Waals surface area contributed by atoms with Crippen molar-refractivity contribution in [2.24, 2.45) is 11.3 Å². The van der Waals surface area contributed by atoms with Crippen molar-refractivity contribution in [3.63, 3.8) is 0 Å². The maximum atomic E-state index is 4.81. The maximum Gasteiger partial charge on any atom is 0.131 e. The van der Waals surface area contributed by atoms with E-state index in [9.17, 15) is 0 Å². The summed E-state index contributed by atoms with van der Waals surface area (Å²) >= 11 is 0. The summed E-state index contributed by atoms with van der Waals surface area (Å²) in [6.45, 7) is 8.02. The lowest BCUT2D eigenvalue weighted by molar-refractivity contribution is 0.167. The molecule has 0 saturated heterocycles. The van der Waals surface area contributed by atoms with Gasteiger partial charge in [-0.25, -0.2) is 9.97 Å². The predicted octanol–water partition coefficient (Wildman–Crippen LogP) is 4.05. The monoisotopic (exact) mass is 287 g/mol. The van der Waals surface area contributed by atoms with Gasteiger partial charge in [-0.05, 0) is 55.9 Å². The standard InChI is InChI=1S/C18H29N3/c1-18(2,3)14-6-4-13(5-7-14)17-19-11-10-16(21-17)12-20-15-8-9-15/h10-11,13-15,20H,4-9,12H2,1-3H3. The number of nitrogens with zero attached hydrogens (tertiary/aromatic N) is 2. The van der Waals surface area contributed by atoms with Crippen LogP contribution in [0.4, 0.5) is 0 Å². The topological polar surface area (TPSA) is 37.8 Å². The largest absolute Gasteiger partial charge is 0.308 e. The Bertz CT molecular complexity index is 466. The lowest BCUT2D eigenvalue weighted by atomic mass is 9.69. The van der Waals surface area contributed by atoms with Gasteiger partial charge in [-0.15, -0.1) is 0 Å².